The molecule has 41 heavy (non-hydrogen) atoms. The molecule has 0 N–H and O–H groups in total. The van der Waals surface area contributed by atoms with Crippen LogP contribution in [0.15, 0.2) is 103 Å². The van der Waals surface area contributed by atoms with Gasteiger partial charge in [-0.15, -0.1) is 0 Å². The molecule has 0 atom stereocenters. The predicted molar refractivity (Wildman–Crippen MR) is 165 cm³/mol. The van der Waals surface area contributed by atoms with E-state index in [0.717, 1.165) is 51.8 Å². The largest absolute Gasteiger partial charge is 0.497 e. The van der Waals surface area contributed by atoms with Gasteiger partial charge in [0.15, 0.2) is 5.60 Å². The molecule has 3 nitrogen and oxygen atoms in total. The number of methoxy groups -OCH3 is 1. The van der Waals surface area contributed by atoms with Crippen molar-refractivity contribution in [2.24, 2.45) is 0 Å². The van der Waals surface area contributed by atoms with E-state index in [0.29, 0.717) is 5.56 Å². The van der Waals surface area contributed by atoms with Gasteiger partial charge >= 0.3 is 0 Å². The fraction of sp³-hybridized carbons (Fsp3) is 0.184. The van der Waals surface area contributed by atoms with Crippen molar-refractivity contribution < 1.29 is 9.47 Å². The summed E-state index contributed by atoms with van der Waals surface area (Å²) in [6, 6.07) is 35.8. The Morgan fingerprint density at radius 3 is 2.10 bits per heavy atom. The third kappa shape index (κ3) is 3.44. The molecule has 3 heteroatoms. The van der Waals surface area contributed by atoms with E-state index in [2.05, 4.69) is 105 Å². The van der Waals surface area contributed by atoms with Gasteiger partial charge in [-0.2, -0.15) is 5.26 Å². The topological polar surface area (TPSA) is 42.2 Å². The van der Waals surface area contributed by atoms with Crippen molar-refractivity contribution in [3.05, 3.63) is 137 Å². The summed E-state index contributed by atoms with van der Waals surface area (Å²) in [5.74, 6) is 1.66. The summed E-state index contributed by atoms with van der Waals surface area (Å²) in [6.45, 7) is 4.52. The van der Waals surface area contributed by atoms with E-state index in [1.807, 2.05) is 24.3 Å². The Kier molecular flexibility index (Phi) is 5.77. The molecule has 5 aromatic carbocycles. The summed E-state index contributed by atoms with van der Waals surface area (Å²) in [5.41, 5.74) is 7.91. The first-order valence-corrected chi connectivity index (χ1v) is 14.3. The molecule has 0 unspecified atom stereocenters. The Bertz CT molecular complexity index is 1840. The molecule has 0 saturated carbocycles. The second kappa shape index (κ2) is 9.39. The Balaban J connectivity index is 1.61. The van der Waals surface area contributed by atoms with Crippen LogP contribution < -0.4 is 9.47 Å². The molecule has 0 saturated heterocycles. The number of rotatable bonds is 5. The standard InChI is InChI=1S/C38H31NO2/c1-4-37(5-2)33-22-25(24-39)16-18-30(33)34-29-19-17-28(40-3)23-32(29)36-31(35(34)37)20-21-38(41-36,26-12-8-6-9-13-26)27-14-10-7-11-15-27/h6-23H,4-5H2,1-3H3. The molecule has 5 aromatic rings. The van der Waals surface area contributed by atoms with Crippen LogP contribution >= 0.6 is 0 Å². The predicted octanol–water partition coefficient (Wildman–Crippen LogP) is 9.16. The van der Waals surface area contributed by atoms with Gasteiger partial charge < -0.3 is 9.47 Å². The quantitative estimate of drug-likeness (QED) is 0.226. The summed E-state index contributed by atoms with van der Waals surface area (Å²) in [7, 11) is 1.71. The maximum absolute atomic E-state index is 9.80. The van der Waals surface area contributed by atoms with Crippen molar-refractivity contribution in [2.75, 3.05) is 7.11 Å². The first-order chi connectivity index (χ1) is 20.1. The highest BCUT2D eigenvalue weighted by Gasteiger charge is 2.47. The van der Waals surface area contributed by atoms with E-state index in [1.54, 1.807) is 7.11 Å². The fourth-order valence-corrected chi connectivity index (χ4v) is 7.22. The fourth-order valence-electron chi connectivity index (χ4n) is 7.22. The van der Waals surface area contributed by atoms with Crippen molar-refractivity contribution in [3.8, 4) is 28.7 Å². The van der Waals surface area contributed by atoms with Crippen LogP contribution in [0.4, 0.5) is 0 Å². The number of nitriles is 1. The highest BCUT2D eigenvalue weighted by atomic mass is 16.5. The molecule has 1 aliphatic heterocycles. The second-order valence-corrected chi connectivity index (χ2v) is 11.0. The molecule has 0 amide bonds. The van der Waals surface area contributed by atoms with Crippen molar-refractivity contribution in [1.82, 2.24) is 0 Å². The van der Waals surface area contributed by atoms with Gasteiger partial charge in [0.05, 0.1) is 18.7 Å². The van der Waals surface area contributed by atoms with Crippen LogP contribution in [0.5, 0.6) is 11.5 Å². The molecule has 0 bridgehead atoms. The first kappa shape index (κ1) is 25.2. The van der Waals surface area contributed by atoms with Crippen LogP contribution in [-0.2, 0) is 11.0 Å². The number of ether oxygens (including phenoxy) is 2. The molecule has 2 aliphatic rings. The number of fused-ring (bicyclic) bond motifs is 8. The molecule has 7 rings (SSSR count). The van der Waals surface area contributed by atoms with Gasteiger partial charge in [0.2, 0.25) is 0 Å². The van der Waals surface area contributed by atoms with Gasteiger partial charge in [-0.1, -0.05) is 86.7 Å². The lowest BCUT2D eigenvalue weighted by Crippen LogP contribution is -2.35. The average molecular weight is 534 g/mol. The highest BCUT2D eigenvalue weighted by molar-refractivity contribution is 6.09. The third-order valence-corrected chi connectivity index (χ3v) is 9.28. The minimum absolute atomic E-state index is 0.233. The Morgan fingerprint density at radius 1 is 0.805 bits per heavy atom. The smallest absolute Gasteiger partial charge is 0.178 e. The van der Waals surface area contributed by atoms with Crippen molar-refractivity contribution in [1.29, 1.82) is 5.26 Å². The zero-order chi connectivity index (χ0) is 28.2. The summed E-state index contributed by atoms with van der Waals surface area (Å²) in [5, 5.41) is 12.0. The van der Waals surface area contributed by atoms with Crippen molar-refractivity contribution in [3.63, 3.8) is 0 Å². The SMILES string of the molecule is CCC1(CC)c2cc(C#N)ccc2-c2c1c1c(c3cc(OC)ccc23)OC(c2ccccc2)(c2ccccc2)C=C1. The number of hydrogen-bond donors (Lipinski definition) is 0. The summed E-state index contributed by atoms with van der Waals surface area (Å²) < 4.78 is 13.1. The van der Waals surface area contributed by atoms with Crippen molar-refractivity contribution in [2.45, 2.75) is 37.7 Å². The van der Waals surface area contributed by atoms with E-state index in [9.17, 15) is 5.26 Å². The van der Waals surface area contributed by atoms with E-state index in [1.165, 1.54) is 22.3 Å². The van der Waals surface area contributed by atoms with Gasteiger partial charge in [0.1, 0.15) is 11.5 Å². The summed E-state index contributed by atoms with van der Waals surface area (Å²) >= 11 is 0. The molecule has 1 aliphatic carbocycles. The lowest BCUT2D eigenvalue weighted by atomic mass is 9.71. The van der Waals surface area contributed by atoms with Crippen LogP contribution in [0.1, 0.15) is 60.1 Å². The maximum Gasteiger partial charge on any atom is 0.178 e. The molecule has 0 aromatic heterocycles. The number of benzene rings is 5. The highest BCUT2D eigenvalue weighted by Crippen LogP contribution is 2.60. The molecular formula is C38H31NO2. The molecule has 0 spiro atoms. The van der Waals surface area contributed by atoms with Gasteiger partial charge in [-0.25, -0.2) is 0 Å². The van der Waals surface area contributed by atoms with Gasteiger partial charge in [0, 0.05) is 27.5 Å². The zero-order valence-electron chi connectivity index (χ0n) is 23.6. The first-order valence-electron chi connectivity index (χ1n) is 14.3. The van der Waals surface area contributed by atoms with Crippen LogP contribution in [0, 0.1) is 11.3 Å². The van der Waals surface area contributed by atoms with Crippen LogP contribution in [0.2, 0.25) is 0 Å². The summed E-state index contributed by atoms with van der Waals surface area (Å²) in [6.07, 6.45) is 6.35. The molecule has 200 valence electrons. The number of hydrogen-bond acceptors (Lipinski definition) is 3. The molecule has 0 radical (unpaired) electrons. The third-order valence-electron chi connectivity index (χ3n) is 9.28. The minimum atomic E-state index is -0.791. The van der Waals surface area contributed by atoms with E-state index in [4.69, 9.17) is 9.47 Å². The molecule has 1 heterocycles. The maximum atomic E-state index is 9.80. The Morgan fingerprint density at radius 2 is 1.49 bits per heavy atom. The van der Waals surface area contributed by atoms with Gasteiger partial charge in [0.25, 0.3) is 0 Å². The monoisotopic (exact) mass is 533 g/mol. The van der Waals surface area contributed by atoms with E-state index >= 15 is 0 Å². The second-order valence-electron chi connectivity index (χ2n) is 11.0. The molecule has 0 fully saturated rings. The number of nitrogens with zero attached hydrogens (tertiary/aromatic N) is 1. The van der Waals surface area contributed by atoms with Crippen LogP contribution in [0.3, 0.4) is 0 Å². The van der Waals surface area contributed by atoms with Crippen molar-refractivity contribution >= 4 is 16.8 Å². The Hall–Kier alpha value is -4.81. The zero-order valence-corrected chi connectivity index (χ0v) is 23.6. The lowest BCUT2D eigenvalue weighted by Gasteiger charge is -2.39. The van der Waals surface area contributed by atoms with Crippen LogP contribution in [0.25, 0.3) is 28.0 Å². The van der Waals surface area contributed by atoms with Gasteiger partial charge in [-0.3, -0.25) is 0 Å². The normalized spacial score (nSPS) is 15.4. The van der Waals surface area contributed by atoms with E-state index < -0.39 is 5.60 Å². The Labute approximate surface area is 241 Å². The average Bonchev–Trinajstić information content (AvgIpc) is 3.35. The van der Waals surface area contributed by atoms with Crippen LogP contribution in [-0.4, -0.2) is 7.11 Å². The van der Waals surface area contributed by atoms with Gasteiger partial charge in [-0.05, 0) is 76.9 Å². The summed E-state index contributed by atoms with van der Waals surface area (Å²) in [4.78, 5) is 0. The lowest BCUT2D eigenvalue weighted by molar-refractivity contribution is 0.163. The molecular weight excluding hydrogens is 502 g/mol. The van der Waals surface area contributed by atoms with E-state index in [-0.39, 0.29) is 5.41 Å². The minimum Gasteiger partial charge on any atom is -0.497 e.